The van der Waals surface area contributed by atoms with Crippen LogP contribution in [0.1, 0.15) is 53.4 Å². The molecule has 0 bridgehead atoms. The van der Waals surface area contributed by atoms with Gasteiger partial charge < -0.3 is 29.3 Å². The molecular formula is C28H31ClN6O4S. The van der Waals surface area contributed by atoms with E-state index in [1.807, 2.05) is 18.2 Å². The van der Waals surface area contributed by atoms with E-state index in [1.54, 1.807) is 27.7 Å². The van der Waals surface area contributed by atoms with Gasteiger partial charge >= 0.3 is 0 Å². The molecule has 2 aliphatic heterocycles. The predicted molar refractivity (Wildman–Crippen MR) is 153 cm³/mol. The molecule has 2 N–H and O–H groups in total. The van der Waals surface area contributed by atoms with Gasteiger partial charge in [0.25, 0.3) is 11.8 Å². The highest BCUT2D eigenvalue weighted by atomic mass is 35.5. The van der Waals surface area contributed by atoms with Crippen molar-refractivity contribution >= 4 is 45.8 Å². The van der Waals surface area contributed by atoms with E-state index in [0.29, 0.717) is 38.4 Å². The number of thiophene rings is 1. The first kappa shape index (κ1) is 26.9. The number of nitrogens with one attached hydrogen (secondary N) is 1. The minimum atomic E-state index is -0.510. The fraction of sp³-hybridized carbons (Fsp3) is 0.429. The van der Waals surface area contributed by atoms with Gasteiger partial charge in [-0.15, -0.1) is 11.3 Å². The van der Waals surface area contributed by atoms with Gasteiger partial charge in [-0.3, -0.25) is 9.59 Å². The number of rotatable bonds is 7. The Hall–Kier alpha value is -3.25. The summed E-state index contributed by atoms with van der Waals surface area (Å²) in [5, 5.41) is 17.1. The van der Waals surface area contributed by atoms with Gasteiger partial charge in [0.15, 0.2) is 11.6 Å². The highest BCUT2D eigenvalue weighted by molar-refractivity contribution is 7.19. The minimum Gasteiger partial charge on any atom is -0.389 e. The van der Waals surface area contributed by atoms with E-state index >= 15 is 0 Å². The van der Waals surface area contributed by atoms with Crippen LogP contribution >= 0.6 is 22.9 Å². The number of aromatic nitrogens is 3. The number of likely N-dealkylation sites (tertiary alicyclic amines) is 2. The number of β-amino-alcohol motifs (C(OH)–C–C–N with tert-alkyl or cyclic N) is 1. The SMILES string of the molecule is CC(C)N1CCC(NC(=O)c2nc3c(C(=O)N4CC(O)C4)cccc3n2Cc2cc(-c3ccc(Cl)s3)on2)CC1. The summed E-state index contributed by atoms with van der Waals surface area (Å²) in [4.78, 5) is 36.5. The van der Waals surface area contributed by atoms with Crippen molar-refractivity contribution < 1.29 is 19.2 Å². The Labute approximate surface area is 240 Å². The molecule has 12 heteroatoms. The molecule has 1 aromatic carbocycles. The average Bonchev–Trinajstić information content (AvgIpc) is 3.66. The second-order valence-corrected chi connectivity index (χ2v) is 12.4. The number of fused-ring (bicyclic) bond motifs is 1. The number of carbonyl (C=O) groups excluding carboxylic acids is 2. The van der Waals surface area contributed by atoms with Crippen LogP contribution in [-0.4, -0.2) is 85.8 Å². The third-order valence-corrected chi connectivity index (χ3v) is 8.90. The van der Waals surface area contributed by atoms with E-state index in [4.69, 9.17) is 21.1 Å². The molecule has 0 spiro atoms. The lowest BCUT2D eigenvalue weighted by Gasteiger charge is -2.35. The van der Waals surface area contributed by atoms with Crippen LogP contribution < -0.4 is 5.32 Å². The lowest BCUT2D eigenvalue weighted by Crippen LogP contribution is -2.53. The number of hydrogen-bond donors (Lipinski definition) is 2. The predicted octanol–water partition coefficient (Wildman–Crippen LogP) is 3.87. The van der Waals surface area contributed by atoms with Gasteiger partial charge in [0.1, 0.15) is 11.2 Å². The van der Waals surface area contributed by atoms with Crippen molar-refractivity contribution in [3.05, 3.63) is 57.8 Å². The van der Waals surface area contributed by atoms with Crippen molar-refractivity contribution in [3.63, 3.8) is 0 Å². The highest BCUT2D eigenvalue weighted by Gasteiger charge is 2.32. The first-order valence-corrected chi connectivity index (χ1v) is 14.7. The second kappa shape index (κ2) is 11.0. The maximum Gasteiger partial charge on any atom is 0.287 e. The van der Waals surface area contributed by atoms with Gasteiger partial charge in [0.05, 0.1) is 32.9 Å². The maximum absolute atomic E-state index is 13.7. The summed E-state index contributed by atoms with van der Waals surface area (Å²) in [6.45, 7) is 7.02. The van der Waals surface area contributed by atoms with Crippen LogP contribution in [0.25, 0.3) is 21.7 Å². The Morgan fingerprint density at radius 1 is 1.20 bits per heavy atom. The van der Waals surface area contributed by atoms with E-state index in [9.17, 15) is 14.7 Å². The molecule has 0 saturated carbocycles. The van der Waals surface area contributed by atoms with Crippen LogP contribution in [0, 0.1) is 0 Å². The number of carbonyl (C=O) groups is 2. The number of para-hydroxylation sites is 1. The van der Waals surface area contributed by atoms with E-state index in [0.717, 1.165) is 30.8 Å². The number of aliphatic hydroxyl groups is 1. The zero-order chi connectivity index (χ0) is 28.0. The molecule has 0 radical (unpaired) electrons. The molecule has 6 rings (SSSR count). The summed E-state index contributed by atoms with van der Waals surface area (Å²) in [5.74, 6) is 0.304. The van der Waals surface area contributed by atoms with E-state index in [1.165, 1.54) is 11.3 Å². The summed E-state index contributed by atoms with van der Waals surface area (Å²) >= 11 is 7.49. The average molecular weight is 583 g/mol. The summed E-state index contributed by atoms with van der Waals surface area (Å²) < 4.78 is 8.02. The van der Waals surface area contributed by atoms with Crippen LogP contribution in [0.3, 0.4) is 0 Å². The normalized spacial score (nSPS) is 17.1. The molecule has 3 aromatic heterocycles. The molecule has 0 unspecified atom stereocenters. The standard InChI is InChI=1S/C28H31ClN6O4S/c1-16(2)33-10-8-17(9-11-33)30-27(37)26-31-25-20(28(38)34-14-19(36)15-34)4-3-5-21(25)35(26)13-18-12-22(39-32-18)23-6-7-24(29)40-23/h3-7,12,16-17,19,36H,8-11,13-15H2,1-2H3,(H,30,37). The molecule has 210 valence electrons. The number of nitrogens with zero attached hydrogens (tertiary/aromatic N) is 5. The smallest absolute Gasteiger partial charge is 0.287 e. The number of hydrogen-bond acceptors (Lipinski definition) is 8. The number of piperidine rings is 1. The third-order valence-electron chi connectivity index (χ3n) is 7.65. The Morgan fingerprint density at radius 2 is 1.98 bits per heavy atom. The lowest BCUT2D eigenvalue weighted by atomic mass is 10.0. The van der Waals surface area contributed by atoms with Gasteiger partial charge in [-0.25, -0.2) is 4.98 Å². The number of benzene rings is 1. The van der Waals surface area contributed by atoms with Gasteiger partial charge in [0, 0.05) is 44.3 Å². The molecule has 0 atom stereocenters. The first-order valence-electron chi connectivity index (χ1n) is 13.5. The van der Waals surface area contributed by atoms with Crippen molar-refractivity contribution in [2.24, 2.45) is 0 Å². The molecule has 40 heavy (non-hydrogen) atoms. The summed E-state index contributed by atoms with van der Waals surface area (Å²) in [5.41, 5.74) is 2.11. The fourth-order valence-corrected chi connectivity index (χ4v) is 6.36. The Kier molecular flexibility index (Phi) is 7.39. The van der Waals surface area contributed by atoms with Crippen molar-refractivity contribution in [1.82, 2.24) is 29.8 Å². The van der Waals surface area contributed by atoms with Crippen LogP contribution in [0.15, 0.2) is 40.9 Å². The Morgan fingerprint density at radius 3 is 2.65 bits per heavy atom. The van der Waals surface area contributed by atoms with Crippen molar-refractivity contribution in [3.8, 4) is 10.6 Å². The monoisotopic (exact) mass is 582 g/mol. The van der Waals surface area contributed by atoms with Crippen molar-refractivity contribution in [1.29, 1.82) is 0 Å². The van der Waals surface area contributed by atoms with Crippen LogP contribution in [0.4, 0.5) is 0 Å². The zero-order valence-electron chi connectivity index (χ0n) is 22.3. The number of imidazole rings is 1. The van der Waals surface area contributed by atoms with Gasteiger partial charge in [-0.1, -0.05) is 22.8 Å². The summed E-state index contributed by atoms with van der Waals surface area (Å²) in [7, 11) is 0. The first-order chi connectivity index (χ1) is 19.3. The number of amides is 2. The molecule has 2 aliphatic rings. The molecule has 2 saturated heterocycles. The van der Waals surface area contributed by atoms with Gasteiger partial charge in [0.2, 0.25) is 0 Å². The fourth-order valence-electron chi connectivity index (χ4n) is 5.37. The Bertz CT molecular complexity index is 1550. The minimum absolute atomic E-state index is 0.0432. The third kappa shape index (κ3) is 5.26. The topological polar surface area (TPSA) is 117 Å². The van der Waals surface area contributed by atoms with Crippen molar-refractivity contribution in [2.75, 3.05) is 26.2 Å². The molecule has 10 nitrogen and oxygen atoms in total. The summed E-state index contributed by atoms with van der Waals surface area (Å²) in [6.07, 6.45) is 1.21. The summed E-state index contributed by atoms with van der Waals surface area (Å²) in [6, 6.07) is 11.4. The largest absolute Gasteiger partial charge is 0.389 e. The van der Waals surface area contributed by atoms with Crippen molar-refractivity contribution in [2.45, 2.75) is 51.4 Å². The highest BCUT2D eigenvalue weighted by Crippen LogP contribution is 2.32. The van der Waals surface area contributed by atoms with Gasteiger partial charge in [-0.05, 0) is 51.0 Å². The number of aliphatic hydroxyl groups excluding tert-OH is 1. The Balaban J connectivity index is 1.32. The van der Waals surface area contributed by atoms with Crippen LogP contribution in [0.5, 0.6) is 0 Å². The molecule has 2 amide bonds. The quantitative estimate of drug-likeness (QED) is 0.340. The molecule has 2 fully saturated rings. The maximum atomic E-state index is 13.7. The van der Waals surface area contributed by atoms with Crippen LogP contribution in [0.2, 0.25) is 4.34 Å². The molecule has 4 aromatic rings. The van der Waals surface area contributed by atoms with Crippen LogP contribution in [-0.2, 0) is 6.54 Å². The molecule has 5 heterocycles. The second-order valence-electron chi connectivity index (χ2n) is 10.7. The van der Waals surface area contributed by atoms with E-state index in [2.05, 4.69) is 29.2 Å². The lowest BCUT2D eigenvalue weighted by molar-refractivity contribution is 0.00601. The van der Waals surface area contributed by atoms with E-state index < -0.39 is 6.10 Å². The number of halogens is 1. The molecule has 0 aliphatic carbocycles. The molecular weight excluding hydrogens is 552 g/mol. The van der Waals surface area contributed by atoms with Gasteiger partial charge in [-0.2, -0.15) is 0 Å². The van der Waals surface area contributed by atoms with E-state index in [-0.39, 0.29) is 43.3 Å². The zero-order valence-corrected chi connectivity index (χ0v) is 23.9.